The molecule has 4 nitrogen and oxygen atoms in total. The maximum atomic E-state index is 12.4. The minimum atomic E-state index is -0.353. The van der Waals surface area contributed by atoms with Crippen molar-refractivity contribution in [2.24, 2.45) is 0 Å². The quantitative estimate of drug-likeness (QED) is 0.735. The number of methoxy groups -OCH3 is 1. The molecule has 0 saturated carbocycles. The van der Waals surface area contributed by atoms with Crippen LogP contribution < -0.4 is 0 Å². The highest BCUT2D eigenvalue weighted by Crippen LogP contribution is 2.32. The predicted octanol–water partition coefficient (Wildman–Crippen LogP) is 3.65. The second-order valence-corrected chi connectivity index (χ2v) is 6.70. The van der Waals surface area contributed by atoms with Gasteiger partial charge in [0.15, 0.2) is 0 Å². The zero-order valence-electron chi connectivity index (χ0n) is 14.7. The van der Waals surface area contributed by atoms with E-state index in [4.69, 9.17) is 4.74 Å². The van der Waals surface area contributed by atoms with E-state index < -0.39 is 0 Å². The summed E-state index contributed by atoms with van der Waals surface area (Å²) in [5.41, 5.74) is 3.24. The number of aromatic hydroxyl groups is 1. The first kappa shape index (κ1) is 16.6. The summed E-state index contributed by atoms with van der Waals surface area (Å²) in [7, 11) is 1.43. The number of hydrogen-bond acceptors (Lipinski definition) is 4. The Morgan fingerprint density at radius 2 is 1.81 bits per heavy atom. The molecule has 4 rings (SSSR count). The third-order valence-corrected chi connectivity index (χ3v) is 5.20. The standard InChI is InChI=1S/C22H21NO3/c1-26-22(25)20-12-16-7-2-3-8-17(16)13-23(20)14-19-18-9-5-4-6-15(18)10-11-21(19)24/h2-11,20,24H,12-14H2,1H3. The second kappa shape index (κ2) is 6.81. The van der Waals surface area contributed by atoms with Gasteiger partial charge >= 0.3 is 5.97 Å². The van der Waals surface area contributed by atoms with E-state index in [2.05, 4.69) is 17.0 Å². The summed E-state index contributed by atoms with van der Waals surface area (Å²) in [5.74, 6) is 0.0189. The van der Waals surface area contributed by atoms with Crippen LogP contribution in [0.3, 0.4) is 0 Å². The van der Waals surface area contributed by atoms with E-state index in [0.717, 1.165) is 16.3 Å². The number of fused-ring (bicyclic) bond motifs is 2. The molecule has 1 atom stereocenters. The van der Waals surface area contributed by atoms with E-state index in [1.807, 2.05) is 42.5 Å². The average Bonchev–Trinajstić information content (AvgIpc) is 2.69. The van der Waals surface area contributed by atoms with E-state index in [0.29, 0.717) is 19.5 Å². The van der Waals surface area contributed by atoms with Crippen LogP contribution in [0.5, 0.6) is 5.75 Å². The van der Waals surface area contributed by atoms with Crippen molar-refractivity contribution < 1.29 is 14.6 Å². The minimum absolute atomic E-state index is 0.237. The Labute approximate surface area is 152 Å². The van der Waals surface area contributed by atoms with E-state index in [1.54, 1.807) is 6.07 Å². The Kier molecular flexibility index (Phi) is 4.35. The molecule has 132 valence electrons. The number of hydrogen-bond donors (Lipinski definition) is 1. The topological polar surface area (TPSA) is 49.8 Å². The molecule has 0 bridgehead atoms. The Bertz CT molecular complexity index is 967. The Balaban J connectivity index is 1.74. The number of ether oxygens (including phenoxy) is 1. The van der Waals surface area contributed by atoms with Gasteiger partial charge in [0.05, 0.1) is 7.11 Å². The van der Waals surface area contributed by atoms with Crippen molar-refractivity contribution in [2.45, 2.75) is 25.6 Å². The lowest BCUT2D eigenvalue weighted by atomic mass is 9.93. The third kappa shape index (κ3) is 2.93. The number of carbonyl (C=O) groups is 1. The van der Waals surface area contributed by atoms with Crippen LogP contribution in [0.15, 0.2) is 60.7 Å². The van der Waals surface area contributed by atoms with Crippen molar-refractivity contribution in [3.05, 3.63) is 77.4 Å². The van der Waals surface area contributed by atoms with Gasteiger partial charge in [0.25, 0.3) is 0 Å². The van der Waals surface area contributed by atoms with Gasteiger partial charge in [-0.1, -0.05) is 54.6 Å². The maximum Gasteiger partial charge on any atom is 0.323 e. The molecule has 0 saturated heterocycles. The van der Waals surface area contributed by atoms with Crippen molar-refractivity contribution >= 4 is 16.7 Å². The molecule has 1 aliphatic heterocycles. The maximum absolute atomic E-state index is 12.4. The summed E-state index contributed by atoms with van der Waals surface area (Å²) in [4.78, 5) is 14.5. The van der Waals surface area contributed by atoms with Gasteiger partial charge in [-0.3, -0.25) is 9.69 Å². The molecule has 0 aromatic heterocycles. The van der Waals surface area contributed by atoms with Crippen LogP contribution >= 0.6 is 0 Å². The van der Waals surface area contributed by atoms with E-state index in [9.17, 15) is 9.90 Å². The van der Waals surface area contributed by atoms with Gasteiger partial charge < -0.3 is 9.84 Å². The summed E-state index contributed by atoms with van der Waals surface area (Å²) in [6.07, 6.45) is 0.619. The molecular weight excluding hydrogens is 326 g/mol. The van der Waals surface area contributed by atoms with Gasteiger partial charge in [-0.05, 0) is 34.4 Å². The van der Waals surface area contributed by atoms with Gasteiger partial charge in [-0.25, -0.2) is 0 Å². The summed E-state index contributed by atoms with van der Waals surface area (Å²) in [5, 5.41) is 12.6. The van der Waals surface area contributed by atoms with E-state index >= 15 is 0 Å². The Morgan fingerprint density at radius 1 is 1.08 bits per heavy atom. The number of benzene rings is 3. The highest BCUT2D eigenvalue weighted by atomic mass is 16.5. The number of phenols is 1. The highest BCUT2D eigenvalue weighted by Gasteiger charge is 2.32. The molecular formula is C22H21NO3. The third-order valence-electron chi connectivity index (χ3n) is 5.20. The van der Waals surface area contributed by atoms with Crippen LogP contribution in [-0.2, 0) is 29.0 Å². The molecule has 1 aliphatic rings. The summed E-state index contributed by atoms with van der Waals surface area (Å²) < 4.78 is 5.05. The molecule has 4 heteroatoms. The van der Waals surface area contributed by atoms with Crippen LogP contribution in [0.2, 0.25) is 0 Å². The lowest BCUT2D eigenvalue weighted by Crippen LogP contribution is -2.45. The monoisotopic (exact) mass is 347 g/mol. The number of rotatable bonds is 3. The molecule has 1 unspecified atom stereocenters. The fourth-order valence-electron chi connectivity index (χ4n) is 3.81. The predicted molar refractivity (Wildman–Crippen MR) is 101 cm³/mol. The Morgan fingerprint density at radius 3 is 2.62 bits per heavy atom. The summed E-state index contributed by atoms with van der Waals surface area (Å²) in [6, 6.07) is 19.5. The molecule has 0 spiro atoms. The van der Waals surface area contributed by atoms with Crippen LogP contribution in [0.1, 0.15) is 16.7 Å². The molecule has 1 heterocycles. The minimum Gasteiger partial charge on any atom is -0.508 e. The van der Waals surface area contributed by atoms with Crippen molar-refractivity contribution in [2.75, 3.05) is 7.11 Å². The normalized spacial score (nSPS) is 17.0. The zero-order chi connectivity index (χ0) is 18.1. The molecule has 3 aromatic rings. The fourth-order valence-corrected chi connectivity index (χ4v) is 3.81. The van der Waals surface area contributed by atoms with Gasteiger partial charge in [-0.15, -0.1) is 0 Å². The van der Waals surface area contributed by atoms with Gasteiger partial charge in [0.2, 0.25) is 0 Å². The zero-order valence-corrected chi connectivity index (χ0v) is 14.7. The molecule has 0 fully saturated rings. The van der Waals surface area contributed by atoms with Crippen LogP contribution in [0, 0.1) is 0 Å². The first-order valence-corrected chi connectivity index (χ1v) is 8.75. The molecule has 26 heavy (non-hydrogen) atoms. The van der Waals surface area contributed by atoms with Crippen molar-refractivity contribution in [3.8, 4) is 5.75 Å². The Hall–Kier alpha value is -2.85. The first-order chi connectivity index (χ1) is 12.7. The summed E-state index contributed by atoms with van der Waals surface area (Å²) >= 11 is 0. The lowest BCUT2D eigenvalue weighted by molar-refractivity contribution is -0.148. The molecule has 3 aromatic carbocycles. The summed E-state index contributed by atoms with van der Waals surface area (Å²) in [6.45, 7) is 1.14. The SMILES string of the molecule is COC(=O)C1Cc2ccccc2CN1Cc1c(O)ccc2ccccc12. The van der Waals surface area contributed by atoms with Crippen LogP contribution in [0.25, 0.3) is 10.8 Å². The van der Waals surface area contributed by atoms with Crippen LogP contribution in [0.4, 0.5) is 0 Å². The van der Waals surface area contributed by atoms with E-state index in [1.165, 1.54) is 18.2 Å². The van der Waals surface area contributed by atoms with Crippen molar-refractivity contribution in [3.63, 3.8) is 0 Å². The molecule has 0 aliphatic carbocycles. The fraction of sp³-hybridized carbons (Fsp3) is 0.227. The molecule has 0 radical (unpaired) electrons. The second-order valence-electron chi connectivity index (χ2n) is 6.70. The van der Waals surface area contributed by atoms with Gasteiger partial charge in [-0.2, -0.15) is 0 Å². The number of carbonyl (C=O) groups excluding carboxylic acids is 1. The van der Waals surface area contributed by atoms with Gasteiger partial charge in [0, 0.05) is 18.7 Å². The molecule has 0 amide bonds. The van der Waals surface area contributed by atoms with E-state index in [-0.39, 0.29) is 17.8 Å². The average molecular weight is 347 g/mol. The lowest BCUT2D eigenvalue weighted by Gasteiger charge is -2.35. The van der Waals surface area contributed by atoms with Gasteiger partial charge in [0.1, 0.15) is 11.8 Å². The molecule has 1 N–H and O–H groups in total. The number of nitrogens with zero attached hydrogens (tertiary/aromatic N) is 1. The number of esters is 1. The van der Waals surface area contributed by atoms with Crippen molar-refractivity contribution in [1.82, 2.24) is 4.90 Å². The largest absolute Gasteiger partial charge is 0.508 e. The van der Waals surface area contributed by atoms with Crippen molar-refractivity contribution in [1.29, 1.82) is 0 Å². The highest BCUT2D eigenvalue weighted by molar-refractivity contribution is 5.87. The van der Waals surface area contributed by atoms with Crippen LogP contribution in [-0.4, -0.2) is 29.1 Å². The first-order valence-electron chi connectivity index (χ1n) is 8.75. The number of phenolic OH excluding ortho intramolecular Hbond substituents is 1. The smallest absolute Gasteiger partial charge is 0.323 e.